The van der Waals surface area contributed by atoms with Gasteiger partial charge in [0, 0.05) is 25.4 Å². The van der Waals surface area contributed by atoms with Gasteiger partial charge in [-0.3, -0.25) is 33.7 Å². The Bertz CT molecular complexity index is 1210. The number of carbonyl (C=O) groups excluding carboxylic acids is 3. The average Bonchev–Trinajstić information content (AvgIpc) is 3.03. The van der Waals surface area contributed by atoms with E-state index in [0.717, 1.165) is 5.56 Å². The van der Waals surface area contributed by atoms with Crippen LogP contribution in [0.5, 0.6) is 0 Å². The molecule has 2 fully saturated rings. The molecule has 10 heteroatoms. The summed E-state index contributed by atoms with van der Waals surface area (Å²) in [4.78, 5) is 51.1. The standard InChI is InChI=1S/C25H33FN4O5/c1-5-29-20-12-15(16-10-11-28(13-17(16)26)14-22(32)35-25(2,3)4)6-7-18(20)30(24(29)34)19-8-9-21(31)27-23(19)33/h6-7,12,16-17,19H,5,8-11,13-14H2,1-4H3,(H,27,31,33)/t16-,17+,19?/m0/s1. The van der Waals surface area contributed by atoms with Crippen LogP contribution in [0.1, 0.15) is 64.5 Å². The number of carbonyl (C=O) groups is 3. The predicted molar refractivity (Wildman–Crippen MR) is 128 cm³/mol. The Labute approximate surface area is 203 Å². The largest absolute Gasteiger partial charge is 0.459 e. The molecule has 1 N–H and O–H groups in total. The molecule has 2 amide bonds. The smallest absolute Gasteiger partial charge is 0.329 e. The highest BCUT2D eigenvalue weighted by atomic mass is 19.1. The van der Waals surface area contributed by atoms with Crippen LogP contribution in [0.2, 0.25) is 0 Å². The Hall–Kier alpha value is -3.01. The van der Waals surface area contributed by atoms with Crippen LogP contribution >= 0.6 is 0 Å². The number of rotatable bonds is 5. The third-order valence-corrected chi connectivity index (χ3v) is 6.65. The number of nitrogens with one attached hydrogen (secondary N) is 1. The first-order chi connectivity index (χ1) is 16.5. The Morgan fingerprint density at radius 3 is 2.54 bits per heavy atom. The minimum atomic E-state index is -1.18. The molecule has 1 unspecified atom stereocenters. The fourth-order valence-electron chi connectivity index (χ4n) is 5.11. The lowest BCUT2D eigenvalue weighted by Gasteiger charge is -2.35. The molecule has 0 spiro atoms. The second-order valence-corrected chi connectivity index (χ2v) is 10.3. The molecule has 35 heavy (non-hydrogen) atoms. The van der Waals surface area contributed by atoms with Crippen molar-refractivity contribution in [3.05, 3.63) is 34.2 Å². The molecule has 2 saturated heterocycles. The zero-order chi connectivity index (χ0) is 25.5. The first-order valence-electron chi connectivity index (χ1n) is 12.1. The Balaban J connectivity index is 1.56. The first-order valence-corrected chi connectivity index (χ1v) is 12.1. The lowest BCUT2D eigenvalue weighted by molar-refractivity contribution is -0.156. The van der Waals surface area contributed by atoms with Crippen molar-refractivity contribution >= 4 is 28.8 Å². The molecule has 0 aliphatic carbocycles. The number of alkyl halides is 1. The van der Waals surface area contributed by atoms with Gasteiger partial charge in [0.25, 0.3) is 0 Å². The number of aromatic nitrogens is 2. The lowest BCUT2D eigenvalue weighted by Crippen LogP contribution is -2.44. The first kappa shape index (κ1) is 25.1. The van der Waals surface area contributed by atoms with Crippen LogP contribution in [0.25, 0.3) is 11.0 Å². The highest BCUT2D eigenvalue weighted by molar-refractivity contribution is 6.00. The Kier molecular flexibility index (Phi) is 6.86. The van der Waals surface area contributed by atoms with Gasteiger partial charge in [-0.2, -0.15) is 0 Å². The summed E-state index contributed by atoms with van der Waals surface area (Å²) in [6.45, 7) is 8.37. The van der Waals surface area contributed by atoms with Gasteiger partial charge in [0.15, 0.2) is 0 Å². The molecule has 0 bridgehead atoms. The van der Waals surface area contributed by atoms with Gasteiger partial charge in [0.2, 0.25) is 11.8 Å². The number of hydrogen-bond acceptors (Lipinski definition) is 6. The number of aryl methyl sites for hydroxylation is 1. The third-order valence-electron chi connectivity index (χ3n) is 6.65. The molecular formula is C25H33FN4O5. The summed E-state index contributed by atoms with van der Waals surface area (Å²) in [7, 11) is 0. The van der Waals surface area contributed by atoms with Crippen molar-refractivity contribution < 1.29 is 23.5 Å². The van der Waals surface area contributed by atoms with E-state index in [1.54, 1.807) is 36.3 Å². The van der Waals surface area contributed by atoms with E-state index in [1.807, 2.05) is 19.1 Å². The predicted octanol–water partition coefficient (Wildman–Crippen LogP) is 2.27. The molecule has 190 valence electrons. The second-order valence-electron chi connectivity index (χ2n) is 10.3. The molecule has 0 saturated carbocycles. The summed E-state index contributed by atoms with van der Waals surface area (Å²) < 4.78 is 23.6. The van der Waals surface area contributed by atoms with E-state index in [0.29, 0.717) is 30.5 Å². The third kappa shape index (κ3) is 5.17. The van der Waals surface area contributed by atoms with E-state index in [4.69, 9.17) is 4.74 Å². The van der Waals surface area contributed by atoms with Crippen LogP contribution in [0.3, 0.4) is 0 Å². The maximum atomic E-state index is 15.3. The van der Waals surface area contributed by atoms with Gasteiger partial charge in [-0.1, -0.05) is 6.07 Å². The fraction of sp³-hybridized carbons (Fsp3) is 0.600. The van der Waals surface area contributed by atoms with Gasteiger partial charge in [0.1, 0.15) is 17.8 Å². The number of hydrogen-bond donors (Lipinski definition) is 1. The van der Waals surface area contributed by atoms with Crippen molar-refractivity contribution in [2.45, 2.75) is 77.2 Å². The Morgan fingerprint density at radius 1 is 1.17 bits per heavy atom. The molecule has 1 aromatic heterocycles. The lowest BCUT2D eigenvalue weighted by atomic mass is 9.87. The highest BCUT2D eigenvalue weighted by Gasteiger charge is 2.34. The van der Waals surface area contributed by atoms with Crippen LogP contribution in [-0.4, -0.2) is 63.2 Å². The summed E-state index contributed by atoms with van der Waals surface area (Å²) in [6.07, 6.45) is -0.217. The normalized spacial score (nSPS) is 24.0. The number of imide groups is 1. The number of nitrogens with zero attached hydrogens (tertiary/aromatic N) is 3. The van der Waals surface area contributed by atoms with E-state index in [1.165, 1.54) is 4.57 Å². The second kappa shape index (κ2) is 9.56. The number of imidazole rings is 1. The SMILES string of the molecule is CCn1c(=O)n(C2CCC(=O)NC2=O)c2ccc([C@@H]3CCN(CC(=O)OC(C)(C)C)C[C@H]3F)cc21. The molecule has 2 aromatic rings. The Morgan fingerprint density at radius 2 is 1.91 bits per heavy atom. The number of fused-ring (bicyclic) bond motifs is 1. The number of halogens is 1. The molecule has 3 atom stereocenters. The average molecular weight is 489 g/mol. The van der Waals surface area contributed by atoms with E-state index in [-0.39, 0.29) is 49.4 Å². The van der Waals surface area contributed by atoms with Crippen molar-refractivity contribution in [1.29, 1.82) is 0 Å². The number of likely N-dealkylation sites (tertiary alicyclic amines) is 1. The van der Waals surface area contributed by atoms with Gasteiger partial charge in [-0.25, -0.2) is 9.18 Å². The summed E-state index contributed by atoms with van der Waals surface area (Å²) in [5.41, 5.74) is 1.11. The molecule has 2 aliphatic rings. The zero-order valence-electron chi connectivity index (χ0n) is 20.7. The van der Waals surface area contributed by atoms with Gasteiger partial charge < -0.3 is 4.74 Å². The fourth-order valence-corrected chi connectivity index (χ4v) is 5.11. The monoisotopic (exact) mass is 488 g/mol. The highest BCUT2D eigenvalue weighted by Crippen LogP contribution is 2.33. The molecule has 3 heterocycles. The van der Waals surface area contributed by atoms with Crippen LogP contribution in [0, 0.1) is 0 Å². The minimum Gasteiger partial charge on any atom is -0.459 e. The van der Waals surface area contributed by atoms with Crippen molar-refractivity contribution in [1.82, 2.24) is 19.4 Å². The summed E-state index contributed by atoms with van der Waals surface area (Å²) in [5, 5.41) is 2.31. The molecule has 1 aromatic carbocycles. The van der Waals surface area contributed by atoms with Crippen molar-refractivity contribution in [2.24, 2.45) is 0 Å². The van der Waals surface area contributed by atoms with E-state index >= 15 is 4.39 Å². The van der Waals surface area contributed by atoms with Gasteiger partial charge >= 0.3 is 11.7 Å². The van der Waals surface area contributed by atoms with E-state index in [2.05, 4.69) is 5.32 Å². The number of esters is 1. The van der Waals surface area contributed by atoms with Crippen molar-refractivity contribution in [3.8, 4) is 0 Å². The number of benzene rings is 1. The maximum Gasteiger partial charge on any atom is 0.329 e. The van der Waals surface area contributed by atoms with Gasteiger partial charge in [-0.05, 0) is 64.8 Å². The number of ether oxygens (including phenoxy) is 1. The van der Waals surface area contributed by atoms with E-state index < -0.39 is 23.7 Å². The number of piperidine rings is 2. The summed E-state index contributed by atoms with van der Waals surface area (Å²) in [6, 6.07) is 4.65. The number of amides is 2. The molecular weight excluding hydrogens is 455 g/mol. The topological polar surface area (TPSA) is 103 Å². The van der Waals surface area contributed by atoms with E-state index in [9.17, 15) is 19.2 Å². The van der Waals surface area contributed by atoms with Crippen LogP contribution in [-0.2, 0) is 25.7 Å². The van der Waals surface area contributed by atoms with Crippen LogP contribution < -0.4 is 11.0 Å². The van der Waals surface area contributed by atoms with Crippen LogP contribution in [0.15, 0.2) is 23.0 Å². The molecule has 0 radical (unpaired) electrons. The van der Waals surface area contributed by atoms with Gasteiger partial charge in [-0.15, -0.1) is 0 Å². The quantitative estimate of drug-likeness (QED) is 0.512. The molecule has 2 aliphatic heterocycles. The van der Waals surface area contributed by atoms with Crippen LogP contribution in [0.4, 0.5) is 4.39 Å². The van der Waals surface area contributed by atoms with Crippen molar-refractivity contribution in [2.75, 3.05) is 19.6 Å². The molecule has 9 nitrogen and oxygen atoms in total. The summed E-state index contributed by atoms with van der Waals surface area (Å²) in [5.74, 6) is -1.56. The zero-order valence-corrected chi connectivity index (χ0v) is 20.7. The van der Waals surface area contributed by atoms with Crippen molar-refractivity contribution in [3.63, 3.8) is 0 Å². The minimum absolute atomic E-state index is 0.0492. The molecule has 4 rings (SSSR count). The van der Waals surface area contributed by atoms with Gasteiger partial charge in [0.05, 0.1) is 17.6 Å². The summed E-state index contributed by atoms with van der Waals surface area (Å²) >= 11 is 0. The maximum absolute atomic E-state index is 15.3.